The van der Waals surface area contributed by atoms with Crippen molar-refractivity contribution in [2.75, 3.05) is 13.1 Å². The van der Waals surface area contributed by atoms with Crippen LogP contribution in [0, 0.1) is 11.8 Å². The van der Waals surface area contributed by atoms with E-state index in [1.807, 2.05) is 12.1 Å². The molecular formula is C17H19ClN2O. The van der Waals surface area contributed by atoms with E-state index >= 15 is 0 Å². The first-order valence-corrected chi connectivity index (χ1v) is 8.43. The van der Waals surface area contributed by atoms with Gasteiger partial charge >= 0.3 is 0 Å². The van der Waals surface area contributed by atoms with Gasteiger partial charge in [0.1, 0.15) is 0 Å². The summed E-state index contributed by atoms with van der Waals surface area (Å²) in [4.78, 5) is 2.76. The normalized spacial score (nSPS) is 32.9. The molecule has 3 saturated heterocycles. The first-order chi connectivity index (χ1) is 10.3. The van der Waals surface area contributed by atoms with Crippen molar-refractivity contribution in [3.8, 4) is 0 Å². The monoisotopic (exact) mass is 302 g/mol. The van der Waals surface area contributed by atoms with Gasteiger partial charge in [0.15, 0.2) is 5.58 Å². The average Bonchev–Trinajstić information content (AvgIpc) is 3.19. The van der Waals surface area contributed by atoms with Crippen molar-refractivity contribution in [3.05, 3.63) is 28.9 Å². The van der Waals surface area contributed by atoms with Crippen molar-refractivity contribution in [1.82, 2.24) is 10.1 Å². The van der Waals surface area contributed by atoms with E-state index < -0.39 is 0 Å². The number of fused-ring (bicyclic) bond motifs is 3. The molecule has 21 heavy (non-hydrogen) atoms. The Morgan fingerprint density at radius 3 is 2.86 bits per heavy atom. The molecule has 4 aliphatic rings. The summed E-state index contributed by atoms with van der Waals surface area (Å²) in [5.74, 6) is 1.65. The summed E-state index contributed by atoms with van der Waals surface area (Å²) in [6.45, 7) is 2.63. The highest BCUT2D eigenvalue weighted by molar-refractivity contribution is 6.31. The highest BCUT2D eigenvalue weighted by atomic mass is 35.5. The Morgan fingerprint density at radius 1 is 1.29 bits per heavy atom. The summed E-state index contributed by atoms with van der Waals surface area (Å²) < 4.78 is 5.49. The highest BCUT2D eigenvalue weighted by Gasteiger charge is 2.60. The van der Waals surface area contributed by atoms with Crippen molar-refractivity contribution in [1.29, 1.82) is 0 Å². The van der Waals surface area contributed by atoms with Gasteiger partial charge in [0.2, 0.25) is 0 Å². The molecule has 110 valence electrons. The summed E-state index contributed by atoms with van der Waals surface area (Å²) in [7, 11) is 0. The maximum absolute atomic E-state index is 6.03. The Morgan fingerprint density at radius 2 is 2.10 bits per heavy atom. The zero-order valence-corrected chi connectivity index (χ0v) is 12.8. The lowest BCUT2D eigenvalue weighted by molar-refractivity contribution is -0.0268. The van der Waals surface area contributed by atoms with Gasteiger partial charge in [0.05, 0.1) is 5.69 Å². The minimum absolute atomic E-state index is 0.513. The molecule has 1 atom stereocenters. The summed E-state index contributed by atoms with van der Waals surface area (Å²) in [6, 6.07) is 5.87. The molecule has 2 aromatic rings. The van der Waals surface area contributed by atoms with Crippen LogP contribution in [0.25, 0.3) is 11.0 Å². The fraction of sp³-hybridized carbons (Fsp3) is 0.588. The van der Waals surface area contributed by atoms with Crippen LogP contribution in [0.5, 0.6) is 0 Å². The van der Waals surface area contributed by atoms with Gasteiger partial charge in [0, 0.05) is 22.0 Å². The molecule has 1 aliphatic carbocycles. The Balaban J connectivity index is 1.51. The molecule has 6 rings (SSSR count). The van der Waals surface area contributed by atoms with Crippen LogP contribution in [0.4, 0.5) is 0 Å². The number of benzene rings is 1. The van der Waals surface area contributed by atoms with Gasteiger partial charge in [0.25, 0.3) is 0 Å². The molecule has 1 unspecified atom stereocenters. The molecule has 4 fully saturated rings. The molecule has 3 nitrogen and oxygen atoms in total. The molecule has 1 aromatic heterocycles. The second kappa shape index (κ2) is 4.23. The van der Waals surface area contributed by atoms with Crippen LogP contribution in [0.2, 0.25) is 5.02 Å². The van der Waals surface area contributed by atoms with Crippen molar-refractivity contribution >= 4 is 22.6 Å². The number of nitrogens with zero attached hydrogens (tertiary/aromatic N) is 2. The maximum atomic E-state index is 6.03. The quantitative estimate of drug-likeness (QED) is 0.842. The smallest absolute Gasteiger partial charge is 0.168 e. The van der Waals surface area contributed by atoms with E-state index in [9.17, 15) is 0 Å². The number of aromatic nitrogens is 1. The molecule has 1 saturated carbocycles. The lowest BCUT2D eigenvalue weighted by Gasteiger charge is -2.52. The molecular weight excluding hydrogens is 284 g/mol. The van der Waals surface area contributed by atoms with Crippen molar-refractivity contribution < 1.29 is 4.52 Å². The fourth-order valence-electron chi connectivity index (χ4n) is 4.91. The van der Waals surface area contributed by atoms with Crippen LogP contribution in [0.1, 0.15) is 31.4 Å². The topological polar surface area (TPSA) is 29.3 Å². The molecule has 4 heteroatoms. The van der Waals surface area contributed by atoms with E-state index in [2.05, 4.69) is 16.1 Å². The van der Waals surface area contributed by atoms with E-state index in [4.69, 9.17) is 16.1 Å². The fourth-order valence-corrected chi connectivity index (χ4v) is 5.07. The van der Waals surface area contributed by atoms with E-state index in [1.54, 1.807) is 0 Å². The molecule has 0 radical (unpaired) electrons. The summed E-state index contributed by atoms with van der Waals surface area (Å²) in [5.41, 5.74) is 2.47. The van der Waals surface area contributed by atoms with E-state index in [1.165, 1.54) is 38.8 Å². The van der Waals surface area contributed by atoms with Crippen molar-refractivity contribution in [2.24, 2.45) is 11.8 Å². The second-order valence-electron chi connectivity index (χ2n) is 7.01. The SMILES string of the molecule is Clc1ccc2c(CC3C4CCN(CC4)C34CC4)noc2c1. The third-order valence-electron chi connectivity index (χ3n) is 6.11. The minimum atomic E-state index is 0.513. The lowest BCUT2D eigenvalue weighted by atomic mass is 9.70. The van der Waals surface area contributed by atoms with Crippen LogP contribution in [-0.2, 0) is 6.42 Å². The number of rotatable bonds is 2. The van der Waals surface area contributed by atoms with Gasteiger partial charge in [-0.1, -0.05) is 16.8 Å². The number of piperidine rings is 3. The van der Waals surface area contributed by atoms with Crippen molar-refractivity contribution in [2.45, 2.75) is 37.6 Å². The minimum Gasteiger partial charge on any atom is -0.356 e. The number of hydrogen-bond acceptors (Lipinski definition) is 3. The molecule has 4 heterocycles. The average molecular weight is 303 g/mol. The van der Waals surface area contributed by atoms with E-state index in [-0.39, 0.29) is 0 Å². The van der Waals surface area contributed by atoms with Crippen LogP contribution in [0.3, 0.4) is 0 Å². The summed E-state index contributed by atoms with van der Waals surface area (Å²) in [6.07, 6.45) is 6.57. The van der Waals surface area contributed by atoms with Crippen LogP contribution >= 0.6 is 11.6 Å². The molecule has 2 bridgehead atoms. The van der Waals surface area contributed by atoms with E-state index in [0.717, 1.165) is 34.9 Å². The van der Waals surface area contributed by atoms with Gasteiger partial charge in [-0.3, -0.25) is 4.90 Å². The van der Waals surface area contributed by atoms with E-state index in [0.29, 0.717) is 10.6 Å². The maximum Gasteiger partial charge on any atom is 0.168 e. The van der Waals surface area contributed by atoms with Gasteiger partial charge in [-0.15, -0.1) is 0 Å². The van der Waals surface area contributed by atoms with Gasteiger partial charge in [-0.2, -0.15) is 0 Å². The Labute approximate surface area is 129 Å². The van der Waals surface area contributed by atoms with Crippen molar-refractivity contribution in [3.63, 3.8) is 0 Å². The Bertz CT molecular complexity index is 698. The van der Waals surface area contributed by atoms with Gasteiger partial charge in [-0.05, 0) is 69.2 Å². The molecule has 1 spiro atoms. The van der Waals surface area contributed by atoms with Crippen LogP contribution < -0.4 is 0 Å². The van der Waals surface area contributed by atoms with Crippen LogP contribution in [-0.4, -0.2) is 28.7 Å². The third-order valence-corrected chi connectivity index (χ3v) is 6.35. The largest absolute Gasteiger partial charge is 0.356 e. The molecule has 3 aliphatic heterocycles. The third kappa shape index (κ3) is 1.74. The molecule has 0 N–H and O–H groups in total. The predicted molar refractivity (Wildman–Crippen MR) is 82.5 cm³/mol. The second-order valence-corrected chi connectivity index (χ2v) is 7.44. The Kier molecular flexibility index (Phi) is 2.52. The first-order valence-electron chi connectivity index (χ1n) is 8.05. The Hall–Kier alpha value is -1.06. The standard InChI is InChI=1S/C17H19ClN2O/c18-12-1-2-13-15(19-21-16(13)9-12)10-14-11-3-7-20(8-4-11)17(14)5-6-17/h1-2,9,11,14H,3-8,10H2. The van der Waals surface area contributed by atoms with Gasteiger partial charge < -0.3 is 4.52 Å². The molecule has 1 aromatic carbocycles. The highest BCUT2D eigenvalue weighted by Crippen LogP contribution is 2.58. The van der Waals surface area contributed by atoms with Crippen LogP contribution in [0.15, 0.2) is 22.7 Å². The first kappa shape index (κ1) is 12.5. The molecule has 0 amide bonds. The zero-order valence-electron chi connectivity index (χ0n) is 12.0. The number of hydrogen-bond donors (Lipinski definition) is 0. The zero-order chi connectivity index (χ0) is 14.0. The lowest BCUT2D eigenvalue weighted by Crippen LogP contribution is -2.57. The number of halogens is 1. The predicted octanol–water partition coefficient (Wildman–Crippen LogP) is 3.90. The van der Waals surface area contributed by atoms with Gasteiger partial charge in [-0.25, -0.2) is 0 Å². The summed E-state index contributed by atoms with van der Waals surface area (Å²) in [5, 5.41) is 6.21. The summed E-state index contributed by atoms with van der Waals surface area (Å²) >= 11 is 6.03.